The number of ether oxygens (including phenoxy) is 2. The first-order valence-electron chi connectivity index (χ1n) is 17.9. The molecule has 2 amide bonds. The number of rotatable bonds is 9. The monoisotopic (exact) mass is 777 g/mol. The molecule has 1 saturated carbocycles. The molecule has 1 aliphatic carbocycles. The molecule has 1 aromatic heterocycles. The Morgan fingerprint density at radius 3 is 2.43 bits per heavy atom. The number of amides is 2. The van der Waals surface area contributed by atoms with Crippen molar-refractivity contribution in [2.75, 3.05) is 65.9 Å². The molecule has 17 heteroatoms. The molecular formula is C37H46F3N5O8S. The summed E-state index contributed by atoms with van der Waals surface area (Å²) in [6, 6.07) is 4.39. The molecule has 2 aliphatic heterocycles. The summed E-state index contributed by atoms with van der Waals surface area (Å²) in [6.45, 7) is 6.77. The maximum Gasteiger partial charge on any atom is 0.341 e. The lowest BCUT2D eigenvalue weighted by Gasteiger charge is -2.41. The molecule has 0 unspecified atom stereocenters. The highest BCUT2D eigenvalue weighted by atomic mass is 32.2. The summed E-state index contributed by atoms with van der Waals surface area (Å²) < 4.78 is 88.8. The fourth-order valence-corrected chi connectivity index (χ4v) is 8.06. The van der Waals surface area contributed by atoms with Crippen molar-refractivity contribution in [3.05, 3.63) is 67.8 Å². The summed E-state index contributed by atoms with van der Waals surface area (Å²) in [5.74, 6) is -6.93. The van der Waals surface area contributed by atoms with Crippen molar-refractivity contribution in [3.8, 4) is 5.75 Å². The van der Waals surface area contributed by atoms with Gasteiger partial charge >= 0.3 is 15.8 Å². The van der Waals surface area contributed by atoms with Crippen LogP contribution in [0.25, 0.3) is 11.0 Å². The van der Waals surface area contributed by atoms with E-state index < -0.39 is 75.2 Å². The lowest BCUT2D eigenvalue weighted by Crippen LogP contribution is -2.53. The second-order valence-electron chi connectivity index (χ2n) is 14.6. The Kier molecular flexibility index (Phi) is 11.1. The maximum atomic E-state index is 16.4. The van der Waals surface area contributed by atoms with E-state index in [4.69, 9.17) is 13.9 Å². The Morgan fingerprint density at radius 1 is 1.07 bits per heavy atom. The van der Waals surface area contributed by atoms with Gasteiger partial charge in [-0.1, -0.05) is 0 Å². The van der Waals surface area contributed by atoms with Crippen LogP contribution in [-0.4, -0.2) is 113 Å². The van der Waals surface area contributed by atoms with E-state index in [0.29, 0.717) is 12.2 Å². The molecule has 3 aliphatic rings. The second-order valence-corrected chi connectivity index (χ2v) is 16.5. The van der Waals surface area contributed by atoms with Crippen LogP contribution in [-0.2, 0) is 27.9 Å². The quantitative estimate of drug-likeness (QED) is 0.317. The largest absolute Gasteiger partial charge is 0.486 e. The molecule has 0 radical (unpaired) electrons. The zero-order chi connectivity index (χ0) is 39.3. The van der Waals surface area contributed by atoms with Crippen molar-refractivity contribution in [2.24, 2.45) is 0 Å². The van der Waals surface area contributed by atoms with Gasteiger partial charge in [-0.3, -0.25) is 14.5 Å². The minimum Gasteiger partial charge on any atom is -0.486 e. The Labute approximate surface area is 312 Å². The highest BCUT2D eigenvalue weighted by Crippen LogP contribution is 2.39. The van der Waals surface area contributed by atoms with Gasteiger partial charge in [0.1, 0.15) is 5.58 Å². The Balaban J connectivity index is 1.31. The molecule has 2 fully saturated rings. The molecule has 1 atom stereocenters. The molecule has 54 heavy (non-hydrogen) atoms. The number of piperazine rings is 1. The lowest BCUT2D eigenvalue weighted by molar-refractivity contribution is -0.0587. The van der Waals surface area contributed by atoms with Crippen molar-refractivity contribution < 1.29 is 45.1 Å². The van der Waals surface area contributed by atoms with Crippen LogP contribution in [0.5, 0.6) is 5.75 Å². The van der Waals surface area contributed by atoms with Gasteiger partial charge in [-0.15, -0.1) is 0 Å². The van der Waals surface area contributed by atoms with Gasteiger partial charge in [0.05, 0.1) is 42.0 Å². The average molecular weight is 778 g/mol. The molecule has 2 aromatic carbocycles. The van der Waals surface area contributed by atoms with Crippen LogP contribution in [0.1, 0.15) is 68.7 Å². The third-order valence-electron chi connectivity index (χ3n) is 10.8. The van der Waals surface area contributed by atoms with Crippen molar-refractivity contribution in [2.45, 2.75) is 70.6 Å². The molecule has 0 spiro atoms. The van der Waals surface area contributed by atoms with E-state index in [1.54, 1.807) is 7.11 Å². The number of likely N-dealkylation sites (N-methyl/N-ethyl adjacent to an activating group) is 1. The normalized spacial score (nSPS) is 19.6. The van der Waals surface area contributed by atoms with Crippen molar-refractivity contribution >= 4 is 38.7 Å². The standard InChI is InChI=1S/C37H46F3N5O8S/c1-21-17-29(44-16-15-43(5)23(18-44)20-51-6)22(2)32-30(21)25-11-14-45(19-28(25)36(48)53-32)35(47)26-7-8-27(34(46)41-54(49,50)42(3)4)33(31(26)38)52-24-9-12-37(39,40)13-10-24/h7-8,17,23-24H,9-16,18-20H2,1-6H3,(H,41,46)/t23-/m1/s1. The van der Waals surface area contributed by atoms with Crippen LogP contribution in [0.4, 0.5) is 18.9 Å². The summed E-state index contributed by atoms with van der Waals surface area (Å²) in [7, 11) is 1.82. The zero-order valence-corrected chi connectivity index (χ0v) is 32.1. The van der Waals surface area contributed by atoms with Crippen LogP contribution in [0, 0.1) is 19.7 Å². The van der Waals surface area contributed by atoms with Crippen LogP contribution in [0.3, 0.4) is 0 Å². The van der Waals surface area contributed by atoms with Crippen LogP contribution >= 0.6 is 0 Å². The van der Waals surface area contributed by atoms with E-state index >= 15 is 4.39 Å². The van der Waals surface area contributed by atoms with E-state index in [2.05, 4.69) is 22.9 Å². The lowest BCUT2D eigenvalue weighted by atomic mass is 9.92. The predicted octanol–water partition coefficient (Wildman–Crippen LogP) is 4.01. The second kappa shape index (κ2) is 15.2. The van der Waals surface area contributed by atoms with Gasteiger partial charge in [0.15, 0.2) is 11.6 Å². The van der Waals surface area contributed by atoms with E-state index in [1.165, 1.54) is 19.0 Å². The first-order valence-corrected chi connectivity index (χ1v) is 19.3. The number of halogens is 3. The Morgan fingerprint density at radius 2 is 1.76 bits per heavy atom. The Bertz CT molecular complexity index is 2130. The summed E-state index contributed by atoms with van der Waals surface area (Å²) in [5, 5.41) is 0.795. The number of fused-ring (bicyclic) bond motifs is 3. The first-order chi connectivity index (χ1) is 25.4. The number of nitrogens with zero attached hydrogens (tertiary/aromatic N) is 4. The van der Waals surface area contributed by atoms with E-state index in [1.807, 2.05) is 18.6 Å². The molecule has 294 valence electrons. The van der Waals surface area contributed by atoms with Gasteiger partial charge in [-0.25, -0.2) is 22.7 Å². The topological polar surface area (TPSA) is 142 Å². The summed E-state index contributed by atoms with van der Waals surface area (Å²) in [4.78, 5) is 46.5. The van der Waals surface area contributed by atoms with Crippen LogP contribution < -0.4 is 20.0 Å². The molecule has 1 N–H and O–H groups in total. The van der Waals surface area contributed by atoms with Gasteiger partial charge in [0, 0.05) is 76.9 Å². The van der Waals surface area contributed by atoms with Crippen molar-refractivity contribution in [3.63, 3.8) is 0 Å². The highest BCUT2D eigenvalue weighted by Gasteiger charge is 2.38. The number of hydrogen-bond acceptors (Lipinski definition) is 10. The SMILES string of the molecule is COC[C@H]1CN(c2cc(C)c3c4c(c(=O)oc3c2C)CN(C(=O)c2ccc(C(=O)NS(=O)(=O)N(C)C)c(OC3CCC(F)(F)CC3)c2F)CC4)CCN1C. The number of benzene rings is 2. The highest BCUT2D eigenvalue weighted by molar-refractivity contribution is 7.87. The number of hydrogen-bond donors (Lipinski definition) is 1. The molecule has 6 rings (SSSR count). The summed E-state index contributed by atoms with van der Waals surface area (Å²) in [5.41, 5.74) is 2.56. The summed E-state index contributed by atoms with van der Waals surface area (Å²) in [6.07, 6.45) is -2.00. The number of anilines is 1. The molecule has 0 bridgehead atoms. The van der Waals surface area contributed by atoms with E-state index in [-0.39, 0.29) is 44.0 Å². The van der Waals surface area contributed by atoms with Gasteiger partial charge in [-0.2, -0.15) is 12.7 Å². The number of nitrogens with one attached hydrogen (secondary N) is 1. The molecule has 3 aromatic rings. The van der Waals surface area contributed by atoms with Gasteiger partial charge in [0.25, 0.3) is 11.8 Å². The fourth-order valence-electron chi connectivity index (χ4n) is 7.54. The van der Waals surface area contributed by atoms with Crippen LogP contribution in [0.15, 0.2) is 27.4 Å². The Hall–Kier alpha value is -4.19. The van der Waals surface area contributed by atoms with E-state index in [9.17, 15) is 31.6 Å². The van der Waals surface area contributed by atoms with E-state index in [0.717, 1.165) is 63.8 Å². The molecular weight excluding hydrogens is 731 g/mol. The van der Waals surface area contributed by atoms with Crippen molar-refractivity contribution in [1.29, 1.82) is 0 Å². The number of carbonyl (C=O) groups excluding carboxylic acids is 2. The number of aryl methyl sites for hydroxylation is 2. The summed E-state index contributed by atoms with van der Waals surface area (Å²) >= 11 is 0. The first kappa shape index (κ1) is 39.5. The predicted molar refractivity (Wildman–Crippen MR) is 195 cm³/mol. The number of methoxy groups -OCH3 is 1. The van der Waals surface area contributed by atoms with Crippen LogP contribution in [0.2, 0.25) is 0 Å². The van der Waals surface area contributed by atoms with Gasteiger partial charge in [-0.05, 0) is 69.5 Å². The number of carbonyl (C=O) groups is 2. The smallest absolute Gasteiger partial charge is 0.341 e. The molecule has 1 saturated heterocycles. The third-order valence-corrected chi connectivity index (χ3v) is 12.2. The van der Waals surface area contributed by atoms with Crippen molar-refractivity contribution in [1.82, 2.24) is 18.8 Å². The number of alkyl halides is 2. The maximum absolute atomic E-state index is 16.4. The zero-order valence-electron chi connectivity index (χ0n) is 31.3. The molecule has 13 nitrogen and oxygen atoms in total. The minimum atomic E-state index is -4.30. The van der Waals surface area contributed by atoms with Gasteiger partial charge in [0.2, 0.25) is 5.92 Å². The van der Waals surface area contributed by atoms with Gasteiger partial charge < -0.3 is 23.7 Å². The average Bonchev–Trinajstić information content (AvgIpc) is 3.11. The fraction of sp³-hybridized carbons (Fsp3) is 0.541. The third kappa shape index (κ3) is 7.68. The minimum absolute atomic E-state index is 0.123. The molecule has 3 heterocycles.